The third kappa shape index (κ3) is 3.16. The zero-order chi connectivity index (χ0) is 19.0. The van der Waals surface area contributed by atoms with Gasteiger partial charge in [0, 0.05) is 24.2 Å². The fourth-order valence-electron chi connectivity index (χ4n) is 3.89. The number of fused-ring (bicyclic) bond motifs is 1. The molecular formula is C23H23NO3. The molecule has 1 unspecified atom stereocenters. The first kappa shape index (κ1) is 17.5. The number of carbonyl (C=O) groups is 1. The van der Waals surface area contributed by atoms with Crippen LogP contribution in [0.3, 0.4) is 0 Å². The van der Waals surface area contributed by atoms with E-state index in [9.17, 15) is 9.59 Å². The first-order valence-corrected chi connectivity index (χ1v) is 9.47. The van der Waals surface area contributed by atoms with Gasteiger partial charge in [-0.1, -0.05) is 43.3 Å². The van der Waals surface area contributed by atoms with Crippen molar-refractivity contribution in [2.75, 3.05) is 13.1 Å². The molecule has 1 aromatic heterocycles. The Kier molecular flexibility index (Phi) is 4.56. The smallest absolute Gasteiger partial charge is 0.257 e. The van der Waals surface area contributed by atoms with Gasteiger partial charge in [-0.15, -0.1) is 0 Å². The van der Waals surface area contributed by atoms with E-state index in [4.69, 9.17) is 4.42 Å². The third-order valence-corrected chi connectivity index (χ3v) is 5.36. The molecule has 0 bridgehead atoms. The molecule has 0 spiro atoms. The molecule has 4 heteroatoms. The Labute approximate surface area is 158 Å². The molecule has 27 heavy (non-hydrogen) atoms. The number of benzene rings is 2. The third-order valence-electron chi connectivity index (χ3n) is 5.36. The highest BCUT2D eigenvalue weighted by Crippen LogP contribution is 2.28. The molecule has 0 radical (unpaired) electrons. The van der Waals surface area contributed by atoms with E-state index in [0.717, 1.165) is 31.5 Å². The number of hydrogen-bond donors (Lipinski definition) is 0. The molecule has 0 aliphatic carbocycles. The lowest BCUT2D eigenvalue weighted by Gasteiger charge is -2.31. The van der Waals surface area contributed by atoms with E-state index in [-0.39, 0.29) is 11.3 Å². The minimum absolute atomic E-state index is 0.0573. The predicted octanol–water partition coefficient (Wildman–Crippen LogP) is 4.64. The average molecular weight is 361 g/mol. The van der Waals surface area contributed by atoms with E-state index in [1.807, 2.05) is 35.2 Å². The Morgan fingerprint density at radius 1 is 1.11 bits per heavy atom. The number of amides is 1. The van der Waals surface area contributed by atoms with Crippen molar-refractivity contribution >= 4 is 16.9 Å². The molecule has 1 atom stereocenters. The maximum Gasteiger partial charge on any atom is 0.257 e. The highest BCUT2D eigenvalue weighted by Gasteiger charge is 2.25. The van der Waals surface area contributed by atoms with Crippen LogP contribution in [0.1, 0.15) is 35.7 Å². The summed E-state index contributed by atoms with van der Waals surface area (Å²) in [4.78, 5) is 28.0. The minimum atomic E-state index is -0.0863. The summed E-state index contributed by atoms with van der Waals surface area (Å²) in [7, 11) is 0. The van der Waals surface area contributed by atoms with Crippen LogP contribution in [0, 0.1) is 12.8 Å². The second-order valence-corrected chi connectivity index (χ2v) is 7.43. The van der Waals surface area contributed by atoms with Crippen molar-refractivity contribution in [2.45, 2.75) is 26.7 Å². The molecule has 2 aromatic carbocycles. The molecule has 0 N–H and O–H groups in total. The van der Waals surface area contributed by atoms with Crippen LogP contribution in [0.5, 0.6) is 0 Å². The molecule has 1 aliphatic heterocycles. The van der Waals surface area contributed by atoms with Gasteiger partial charge in [0.15, 0.2) is 11.0 Å². The van der Waals surface area contributed by atoms with Crippen molar-refractivity contribution in [3.63, 3.8) is 0 Å². The number of likely N-dealkylation sites (tertiary alicyclic amines) is 1. The molecule has 1 amide bonds. The second kappa shape index (κ2) is 7.03. The van der Waals surface area contributed by atoms with Crippen LogP contribution in [-0.2, 0) is 0 Å². The Hall–Kier alpha value is -2.88. The largest absolute Gasteiger partial charge is 0.455 e. The van der Waals surface area contributed by atoms with Crippen molar-refractivity contribution in [1.29, 1.82) is 0 Å². The number of hydrogen-bond acceptors (Lipinski definition) is 3. The highest BCUT2D eigenvalue weighted by atomic mass is 16.3. The van der Waals surface area contributed by atoms with Crippen molar-refractivity contribution in [3.05, 3.63) is 69.9 Å². The predicted molar refractivity (Wildman–Crippen MR) is 107 cm³/mol. The van der Waals surface area contributed by atoms with Crippen molar-refractivity contribution in [1.82, 2.24) is 4.90 Å². The van der Waals surface area contributed by atoms with Gasteiger partial charge in [0.25, 0.3) is 5.91 Å². The van der Waals surface area contributed by atoms with Crippen LogP contribution in [-0.4, -0.2) is 23.9 Å². The van der Waals surface area contributed by atoms with Crippen LogP contribution >= 0.6 is 0 Å². The molecule has 4 nitrogen and oxygen atoms in total. The second-order valence-electron chi connectivity index (χ2n) is 7.43. The first-order chi connectivity index (χ1) is 13.1. The summed E-state index contributed by atoms with van der Waals surface area (Å²) in [5.74, 6) is 0.963. The lowest BCUT2D eigenvalue weighted by atomic mass is 9.99. The van der Waals surface area contributed by atoms with Crippen LogP contribution in [0.2, 0.25) is 0 Å². The SMILES string of the molecule is Cc1c(-c2ccccc2)oc2c(C(=O)N3CCCC(C)C3)cccc2c1=O. The zero-order valence-corrected chi connectivity index (χ0v) is 15.7. The normalized spacial score (nSPS) is 17.3. The van der Waals surface area contributed by atoms with Gasteiger partial charge in [-0.3, -0.25) is 9.59 Å². The van der Waals surface area contributed by atoms with Gasteiger partial charge in [0.2, 0.25) is 0 Å². The number of nitrogens with zero attached hydrogens (tertiary/aromatic N) is 1. The first-order valence-electron chi connectivity index (χ1n) is 9.47. The number of rotatable bonds is 2. The summed E-state index contributed by atoms with van der Waals surface area (Å²) < 4.78 is 6.18. The van der Waals surface area contributed by atoms with Gasteiger partial charge in [-0.25, -0.2) is 0 Å². The Morgan fingerprint density at radius 2 is 1.89 bits per heavy atom. The lowest BCUT2D eigenvalue weighted by Crippen LogP contribution is -2.39. The summed E-state index contributed by atoms with van der Waals surface area (Å²) in [5.41, 5.74) is 2.16. The molecule has 0 saturated carbocycles. The van der Waals surface area contributed by atoms with Gasteiger partial charge >= 0.3 is 0 Å². The van der Waals surface area contributed by atoms with Gasteiger partial charge in [0.05, 0.1) is 10.9 Å². The summed E-state index contributed by atoms with van der Waals surface area (Å²) in [6.45, 7) is 5.44. The Bertz CT molecular complexity index is 1050. The molecule has 138 valence electrons. The summed E-state index contributed by atoms with van der Waals surface area (Å²) in [5, 5.41) is 0.461. The van der Waals surface area contributed by atoms with Crippen molar-refractivity contribution in [2.24, 2.45) is 5.92 Å². The minimum Gasteiger partial charge on any atom is -0.455 e. The fourth-order valence-corrected chi connectivity index (χ4v) is 3.89. The quantitative estimate of drug-likeness (QED) is 0.668. The molecular weight excluding hydrogens is 338 g/mol. The number of para-hydroxylation sites is 1. The van der Waals surface area contributed by atoms with Gasteiger partial charge in [-0.05, 0) is 37.8 Å². The van der Waals surface area contributed by atoms with E-state index < -0.39 is 0 Å². The Balaban J connectivity index is 1.88. The highest BCUT2D eigenvalue weighted by molar-refractivity contribution is 6.05. The van der Waals surface area contributed by atoms with Gasteiger partial charge in [0.1, 0.15) is 5.76 Å². The average Bonchev–Trinajstić information content (AvgIpc) is 2.70. The van der Waals surface area contributed by atoms with Gasteiger partial charge in [-0.2, -0.15) is 0 Å². The maximum absolute atomic E-state index is 13.2. The molecule has 4 rings (SSSR count). The zero-order valence-electron chi connectivity index (χ0n) is 15.7. The monoisotopic (exact) mass is 361 g/mol. The van der Waals surface area contributed by atoms with Crippen LogP contribution in [0.15, 0.2) is 57.7 Å². The number of piperidine rings is 1. The number of carbonyl (C=O) groups excluding carboxylic acids is 1. The van der Waals surface area contributed by atoms with Crippen LogP contribution in [0.25, 0.3) is 22.3 Å². The van der Waals surface area contributed by atoms with E-state index in [0.29, 0.717) is 33.8 Å². The van der Waals surface area contributed by atoms with Crippen LogP contribution in [0.4, 0.5) is 0 Å². The van der Waals surface area contributed by atoms with Crippen LogP contribution < -0.4 is 5.43 Å². The molecule has 1 fully saturated rings. The Morgan fingerprint density at radius 3 is 2.63 bits per heavy atom. The molecule has 1 aliphatic rings. The molecule has 1 saturated heterocycles. The van der Waals surface area contributed by atoms with E-state index in [1.54, 1.807) is 25.1 Å². The van der Waals surface area contributed by atoms with Crippen molar-refractivity contribution < 1.29 is 9.21 Å². The van der Waals surface area contributed by atoms with E-state index in [2.05, 4.69) is 6.92 Å². The topological polar surface area (TPSA) is 50.5 Å². The standard InChI is InChI=1S/C23H23NO3/c1-15-8-7-13-24(14-15)23(26)19-12-6-11-18-20(25)16(2)21(27-22(18)19)17-9-4-3-5-10-17/h3-6,9-12,15H,7-8,13-14H2,1-2H3. The van der Waals surface area contributed by atoms with Gasteiger partial charge < -0.3 is 9.32 Å². The summed E-state index contributed by atoms with van der Waals surface area (Å²) >= 11 is 0. The lowest BCUT2D eigenvalue weighted by molar-refractivity contribution is 0.0684. The molecule has 3 aromatic rings. The summed E-state index contributed by atoms with van der Waals surface area (Å²) in [6, 6.07) is 14.8. The fraction of sp³-hybridized carbons (Fsp3) is 0.304. The summed E-state index contributed by atoms with van der Waals surface area (Å²) in [6.07, 6.45) is 2.15. The van der Waals surface area contributed by atoms with Crippen molar-refractivity contribution in [3.8, 4) is 11.3 Å². The van der Waals surface area contributed by atoms with E-state index in [1.165, 1.54) is 0 Å². The van der Waals surface area contributed by atoms with E-state index >= 15 is 0 Å². The molecule has 2 heterocycles. The maximum atomic E-state index is 13.2.